The lowest BCUT2D eigenvalue weighted by molar-refractivity contribution is -0.130. The van der Waals surface area contributed by atoms with Gasteiger partial charge in [0.1, 0.15) is 17.7 Å². The topological polar surface area (TPSA) is 135 Å². The fraction of sp³-hybridized carbons (Fsp3) is 0.429. The second-order valence-electron chi connectivity index (χ2n) is 10.3. The van der Waals surface area contributed by atoms with Crippen molar-refractivity contribution in [3.05, 3.63) is 59.1 Å². The summed E-state index contributed by atoms with van der Waals surface area (Å²) < 4.78 is 5.37. The van der Waals surface area contributed by atoms with Gasteiger partial charge in [0, 0.05) is 17.5 Å². The molecule has 2 aromatic carbocycles. The summed E-state index contributed by atoms with van der Waals surface area (Å²) in [6.07, 6.45) is 1.84. The summed E-state index contributed by atoms with van der Waals surface area (Å²) in [5, 5.41) is 10.9. The van der Waals surface area contributed by atoms with Gasteiger partial charge in [-0.1, -0.05) is 62.7 Å². The van der Waals surface area contributed by atoms with Crippen molar-refractivity contribution in [1.82, 2.24) is 20.9 Å². The van der Waals surface area contributed by atoms with Crippen molar-refractivity contribution in [3.8, 4) is 0 Å². The molecule has 0 aliphatic carbocycles. The molecular weight excluding hydrogens is 502 g/mol. The molecule has 5 N–H and O–H groups in total. The minimum absolute atomic E-state index is 0.191. The highest BCUT2D eigenvalue weighted by molar-refractivity contribution is 7.15. The monoisotopic (exact) mass is 539 g/mol. The van der Waals surface area contributed by atoms with Gasteiger partial charge >= 0.3 is 6.09 Å². The summed E-state index contributed by atoms with van der Waals surface area (Å²) in [5.74, 6) is -0.991. The smallest absolute Gasteiger partial charge is 0.408 e. The molecule has 1 heterocycles. The molecule has 3 rings (SSSR count). The minimum atomic E-state index is -0.884. The third-order valence-electron chi connectivity index (χ3n) is 6.11. The molecule has 38 heavy (non-hydrogen) atoms. The Kier molecular flexibility index (Phi) is 9.68. The van der Waals surface area contributed by atoms with Crippen LogP contribution >= 0.6 is 11.3 Å². The Morgan fingerprint density at radius 2 is 1.76 bits per heavy atom. The number of nitrogens with two attached hydrogens (primary N) is 1. The molecule has 0 spiro atoms. The number of nitrogens with one attached hydrogen (secondary N) is 3. The fourth-order valence-electron chi connectivity index (χ4n) is 4.00. The number of hydrogen-bond donors (Lipinski definition) is 4. The standard InChI is InChI=1S/C28H37N5O4S/c1-6-17(2)23(33-27(36)37-28(3,4)5)25(35)32-22(24(34)30-15-20-16-31-26(29)38-20)14-19-12-9-11-18-10-7-8-13-21(18)19/h7-13,16-17,22-23H,6,14-15H2,1-5H3,(H2,29,31)(H,30,34)(H,32,35)(H,33,36)/t17?,22-,23+/m0/s1. The lowest BCUT2D eigenvalue weighted by Gasteiger charge is -2.28. The number of rotatable bonds is 10. The first kappa shape index (κ1) is 28.9. The van der Waals surface area contributed by atoms with Crippen LogP contribution in [-0.2, 0) is 27.3 Å². The van der Waals surface area contributed by atoms with E-state index in [1.807, 2.05) is 56.3 Å². The van der Waals surface area contributed by atoms with Gasteiger partial charge in [-0.15, -0.1) is 11.3 Å². The van der Waals surface area contributed by atoms with Crippen molar-refractivity contribution >= 4 is 45.1 Å². The van der Waals surface area contributed by atoms with Crippen LogP contribution in [0.3, 0.4) is 0 Å². The van der Waals surface area contributed by atoms with Crippen molar-refractivity contribution in [2.45, 2.75) is 71.7 Å². The third kappa shape index (κ3) is 8.17. The van der Waals surface area contributed by atoms with E-state index in [0.717, 1.165) is 21.2 Å². The van der Waals surface area contributed by atoms with Crippen LogP contribution < -0.4 is 21.7 Å². The number of carbonyl (C=O) groups is 3. The zero-order chi connectivity index (χ0) is 27.9. The first-order valence-corrected chi connectivity index (χ1v) is 13.5. The molecule has 0 radical (unpaired) electrons. The van der Waals surface area contributed by atoms with Crippen LogP contribution in [0.4, 0.5) is 9.93 Å². The molecular formula is C28H37N5O4S. The van der Waals surface area contributed by atoms with Gasteiger partial charge in [-0.3, -0.25) is 9.59 Å². The molecule has 10 heteroatoms. The lowest BCUT2D eigenvalue weighted by Crippen LogP contribution is -2.56. The molecule has 0 saturated carbocycles. The van der Waals surface area contributed by atoms with Crippen molar-refractivity contribution in [2.24, 2.45) is 5.92 Å². The Morgan fingerprint density at radius 3 is 2.42 bits per heavy atom. The maximum Gasteiger partial charge on any atom is 0.408 e. The number of benzene rings is 2. The number of aromatic nitrogens is 1. The first-order chi connectivity index (χ1) is 18.0. The molecule has 9 nitrogen and oxygen atoms in total. The minimum Gasteiger partial charge on any atom is -0.444 e. The van der Waals surface area contributed by atoms with E-state index in [1.54, 1.807) is 27.0 Å². The second-order valence-corrected chi connectivity index (χ2v) is 11.4. The normalized spacial score (nSPS) is 13.8. The predicted octanol–water partition coefficient (Wildman–Crippen LogP) is 4.16. The Balaban J connectivity index is 1.84. The van der Waals surface area contributed by atoms with E-state index in [2.05, 4.69) is 20.9 Å². The van der Waals surface area contributed by atoms with Crippen molar-refractivity contribution < 1.29 is 19.1 Å². The summed E-state index contributed by atoms with van der Waals surface area (Å²) in [6, 6.07) is 12.0. The Morgan fingerprint density at radius 1 is 1.05 bits per heavy atom. The van der Waals surface area contributed by atoms with Crippen LogP contribution in [0.2, 0.25) is 0 Å². The molecule has 0 saturated heterocycles. The number of nitrogens with zero attached hydrogens (tertiary/aromatic N) is 1. The largest absolute Gasteiger partial charge is 0.444 e. The molecule has 1 aromatic heterocycles. The number of fused-ring (bicyclic) bond motifs is 1. The van der Waals surface area contributed by atoms with Gasteiger partial charge in [-0.25, -0.2) is 9.78 Å². The van der Waals surface area contributed by atoms with E-state index in [1.165, 1.54) is 11.3 Å². The van der Waals surface area contributed by atoms with Gasteiger partial charge in [0.15, 0.2) is 5.13 Å². The van der Waals surface area contributed by atoms with Crippen LogP contribution in [0.15, 0.2) is 48.7 Å². The van der Waals surface area contributed by atoms with Crippen LogP contribution in [0.25, 0.3) is 10.8 Å². The molecule has 3 atom stereocenters. The molecule has 0 bridgehead atoms. The lowest BCUT2D eigenvalue weighted by atomic mass is 9.96. The predicted molar refractivity (Wildman–Crippen MR) is 151 cm³/mol. The van der Waals surface area contributed by atoms with Crippen LogP contribution in [0.5, 0.6) is 0 Å². The number of ether oxygens (including phenoxy) is 1. The number of anilines is 1. The Hall–Kier alpha value is -3.66. The number of carbonyl (C=O) groups excluding carboxylic acids is 3. The molecule has 1 unspecified atom stereocenters. The molecule has 0 fully saturated rings. The van der Waals surface area contributed by atoms with Crippen LogP contribution in [-0.4, -0.2) is 40.6 Å². The highest BCUT2D eigenvalue weighted by atomic mass is 32.1. The van der Waals surface area contributed by atoms with Gasteiger partial charge in [0.25, 0.3) is 0 Å². The van der Waals surface area contributed by atoms with E-state index >= 15 is 0 Å². The summed E-state index contributed by atoms with van der Waals surface area (Å²) >= 11 is 1.29. The van der Waals surface area contributed by atoms with Crippen LogP contribution in [0.1, 0.15) is 51.5 Å². The highest BCUT2D eigenvalue weighted by Crippen LogP contribution is 2.21. The average Bonchev–Trinajstić information content (AvgIpc) is 3.29. The van der Waals surface area contributed by atoms with Crippen molar-refractivity contribution in [1.29, 1.82) is 0 Å². The highest BCUT2D eigenvalue weighted by Gasteiger charge is 2.31. The van der Waals surface area contributed by atoms with Crippen LogP contribution in [0, 0.1) is 5.92 Å². The zero-order valence-electron chi connectivity index (χ0n) is 22.5. The van der Waals surface area contributed by atoms with Gasteiger partial charge < -0.3 is 26.4 Å². The maximum atomic E-state index is 13.5. The van der Waals surface area contributed by atoms with E-state index < -0.39 is 29.7 Å². The number of thiazole rings is 1. The van der Waals surface area contributed by atoms with E-state index in [4.69, 9.17) is 10.5 Å². The van der Waals surface area contributed by atoms with Gasteiger partial charge in [-0.2, -0.15) is 0 Å². The zero-order valence-corrected chi connectivity index (χ0v) is 23.4. The summed E-state index contributed by atoms with van der Waals surface area (Å²) in [6.45, 7) is 9.31. The molecule has 3 aromatic rings. The number of nitrogen functional groups attached to an aromatic ring is 1. The number of hydrogen-bond acceptors (Lipinski definition) is 7. The van der Waals surface area contributed by atoms with E-state index in [-0.39, 0.29) is 24.8 Å². The van der Waals surface area contributed by atoms with Gasteiger partial charge in [-0.05, 0) is 43.0 Å². The first-order valence-electron chi connectivity index (χ1n) is 12.7. The number of alkyl carbamates (subject to hydrolysis) is 1. The van der Waals surface area contributed by atoms with Crippen molar-refractivity contribution in [3.63, 3.8) is 0 Å². The van der Waals surface area contributed by atoms with Gasteiger partial charge in [0.2, 0.25) is 11.8 Å². The number of amides is 3. The maximum absolute atomic E-state index is 13.5. The molecule has 0 aliphatic rings. The second kappa shape index (κ2) is 12.7. The molecule has 204 valence electrons. The Labute approximate surface area is 227 Å². The molecule has 3 amide bonds. The van der Waals surface area contributed by atoms with Crippen molar-refractivity contribution in [2.75, 3.05) is 5.73 Å². The summed E-state index contributed by atoms with van der Waals surface area (Å²) in [4.78, 5) is 44.2. The van der Waals surface area contributed by atoms with E-state index in [9.17, 15) is 14.4 Å². The quantitative estimate of drug-likeness (QED) is 0.306. The summed E-state index contributed by atoms with van der Waals surface area (Å²) in [7, 11) is 0. The SMILES string of the molecule is CCC(C)[C@@H](NC(=O)OC(C)(C)C)C(=O)N[C@@H](Cc1cccc2ccccc12)C(=O)NCc1cnc(N)s1. The van der Waals surface area contributed by atoms with Gasteiger partial charge in [0.05, 0.1) is 6.54 Å². The Bertz CT molecular complexity index is 1260. The van der Waals surface area contributed by atoms with E-state index in [0.29, 0.717) is 11.6 Å². The fourth-order valence-corrected chi connectivity index (χ4v) is 4.62. The molecule has 0 aliphatic heterocycles. The summed E-state index contributed by atoms with van der Waals surface area (Å²) in [5.41, 5.74) is 5.92. The third-order valence-corrected chi connectivity index (χ3v) is 6.94. The average molecular weight is 540 g/mol.